The highest BCUT2D eigenvalue weighted by Crippen LogP contribution is 2.41. The van der Waals surface area contributed by atoms with E-state index in [1.165, 1.54) is 18.2 Å². The lowest BCUT2D eigenvalue weighted by Crippen LogP contribution is -2.53. The molecule has 3 aliphatic heterocycles. The fraction of sp³-hybridized carbons (Fsp3) is 0.650. The largest absolute Gasteiger partial charge is 0.418 e. The maximum absolute atomic E-state index is 13.3. The Morgan fingerprint density at radius 1 is 1.03 bits per heavy atom. The number of nitrogens with one attached hydrogen (secondary N) is 2. The molecule has 3 aliphatic rings. The molecule has 0 radical (unpaired) electrons. The van der Waals surface area contributed by atoms with Gasteiger partial charge < -0.3 is 34.3 Å². The third-order valence-electron chi connectivity index (χ3n) is 5.26. The fourth-order valence-corrected chi connectivity index (χ4v) is 4.29. The Kier molecular flexibility index (Phi) is 5.72. The van der Waals surface area contributed by atoms with Crippen LogP contribution in [0.5, 0.6) is 0 Å². The molecule has 0 amide bonds. The lowest BCUT2D eigenvalue weighted by atomic mass is 10.0. The lowest BCUT2D eigenvalue weighted by Gasteiger charge is -2.30. The number of halogens is 3. The van der Waals surface area contributed by atoms with Crippen molar-refractivity contribution in [3.05, 3.63) is 29.8 Å². The Balaban J connectivity index is 1.52. The predicted octanol–water partition coefficient (Wildman–Crippen LogP) is 3.39. The van der Waals surface area contributed by atoms with Crippen molar-refractivity contribution in [2.75, 3.05) is 11.9 Å². The summed E-state index contributed by atoms with van der Waals surface area (Å²) >= 11 is 5.33. The van der Waals surface area contributed by atoms with E-state index in [-0.39, 0.29) is 17.4 Å². The number of hydrogen-bond donors (Lipinski definition) is 2. The molecule has 11 heteroatoms. The summed E-state index contributed by atoms with van der Waals surface area (Å²) in [6.45, 7) is 7.39. The Morgan fingerprint density at radius 3 is 2.39 bits per heavy atom. The lowest BCUT2D eigenvalue weighted by molar-refractivity contribution is -0.223. The van der Waals surface area contributed by atoms with E-state index < -0.39 is 54.0 Å². The Bertz CT molecular complexity index is 850. The van der Waals surface area contributed by atoms with E-state index in [1.807, 2.05) is 0 Å². The van der Waals surface area contributed by atoms with Crippen molar-refractivity contribution < 1.29 is 36.9 Å². The van der Waals surface area contributed by atoms with Crippen molar-refractivity contribution >= 4 is 23.0 Å². The van der Waals surface area contributed by atoms with E-state index in [4.69, 9.17) is 35.9 Å². The molecule has 1 unspecified atom stereocenters. The Hall–Kier alpha value is -1.50. The van der Waals surface area contributed by atoms with E-state index >= 15 is 0 Å². The molecule has 1 aromatic carbocycles. The van der Waals surface area contributed by atoms with Crippen LogP contribution in [-0.4, -0.2) is 53.9 Å². The molecule has 1 aromatic rings. The third-order valence-corrected chi connectivity index (χ3v) is 5.48. The zero-order valence-electron chi connectivity index (χ0n) is 17.5. The van der Waals surface area contributed by atoms with Gasteiger partial charge in [-0.2, -0.15) is 13.2 Å². The second-order valence-electron chi connectivity index (χ2n) is 8.60. The van der Waals surface area contributed by atoms with Crippen LogP contribution in [0.3, 0.4) is 0 Å². The molecule has 2 N–H and O–H groups in total. The number of hydrogen-bond acceptors (Lipinski definition) is 6. The van der Waals surface area contributed by atoms with Crippen molar-refractivity contribution in [3.63, 3.8) is 0 Å². The van der Waals surface area contributed by atoms with E-state index in [2.05, 4.69) is 10.6 Å². The summed E-state index contributed by atoms with van der Waals surface area (Å²) in [7, 11) is 0. The zero-order valence-corrected chi connectivity index (χ0v) is 18.3. The smallest absolute Gasteiger partial charge is 0.354 e. The topological polar surface area (TPSA) is 70.2 Å². The minimum absolute atomic E-state index is 0.00225. The van der Waals surface area contributed by atoms with Gasteiger partial charge in [-0.25, -0.2) is 0 Å². The van der Waals surface area contributed by atoms with Crippen molar-refractivity contribution in [2.24, 2.45) is 0 Å². The molecule has 3 saturated heterocycles. The first-order valence-corrected chi connectivity index (χ1v) is 10.3. The zero-order chi connectivity index (χ0) is 22.6. The van der Waals surface area contributed by atoms with Gasteiger partial charge in [0, 0.05) is 0 Å². The van der Waals surface area contributed by atoms with Crippen LogP contribution in [0.1, 0.15) is 33.3 Å². The summed E-state index contributed by atoms with van der Waals surface area (Å²) in [5, 5.41) is 5.71. The van der Waals surface area contributed by atoms with Crippen molar-refractivity contribution in [2.45, 2.75) is 76.1 Å². The van der Waals surface area contributed by atoms with Gasteiger partial charge in [0.2, 0.25) is 0 Å². The number of alkyl halides is 3. The molecule has 3 fully saturated rings. The molecule has 0 aromatic heterocycles. The number of benzene rings is 1. The summed E-state index contributed by atoms with van der Waals surface area (Å²) in [4.78, 5) is 0. The van der Waals surface area contributed by atoms with Crippen LogP contribution >= 0.6 is 12.2 Å². The summed E-state index contributed by atoms with van der Waals surface area (Å²) in [6.07, 6.45) is -6.71. The van der Waals surface area contributed by atoms with Gasteiger partial charge in [0.05, 0.1) is 23.9 Å². The van der Waals surface area contributed by atoms with Gasteiger partial charge >= 0.3 is 6.18 Å². The summed E-state index contributed by atoms with van der Waals surface area (Å²) in [6, 6.07) is 4.59. The molecular weight excluding hydrogens is 437 g/mol. The third kappa shape index (κ3) is 4.81. The Morgan fingerprint density at radius 2 is 1.74 bits per heavy atom. The molecule has 0 spiro atoms. The molecule has 0 bridgehead atoms. The molecule has 4 rings (SSSR count). The van der Waals surface area contributed by atoms with Crippen LogP contribution in [0.2, 0.25) is 0 Å². The van der Waals surface area contributed by atoms with E-state index in [1.54, 1.807) is 27.7 Å². The van der Waals surface area contributed by atoms with Gasteiger partial charge in [-0.15, -0.1) is 0 Å². The number of thiocarbonyl (C=S) groups is 1. The first kappa shape index (κ1) is 22.7. The van der Waals surface area contributed by atoms with Gasteiger partial charge in [-0.1, -0.05) is 12.1 Å². The minimum Gasteiger partial charge on any atom is -0.354 e. The monoisotopic (exact) mass is 462 g/mol. The summed E-state index contributed by atoms with van der Waals surface area (Å²) in [5.74, 6) is -1.65. The average molecular weight is 462 g/mol. The number of rotatable bonds is 3. The van der Waals surface area contributed by atoms with Crippen LogP contribution in [0.4, 0.5) is 18.9 Å². The molecule has 31 heavy (non-hydrogen) atoms. The van der Waals surface area contributed by atoms with E-state index in [0.29, 0.717) is 0 Å². The highest BCUT2D eigenvalue weighted by Gasteiger charge is 2.58. The van der Waals surface area contributed by atoms with Gasteiger partial charge in [0.25, 0.3) is 0 Å². The SMILES string of the molecule is CC1(C)OCC([C@H]2O[C@@H]3OC(C)(C)O[C@@H]3[C@@H]2NC(=S)Nc2ccccc2C(F)(F)F)O1. The van der Waals surface area contributed by atoms with Crippen LogP contribution in [0, 0.1) is 0 Å². The summed E-state index contributed by atoms with van der Waals surface area (Å²) < 4.78 is 69.4. The van der Waals surface area contributed by atoms with Gasteiger partial charge in [-0.05, 0) is 52.0 Å². The van der Waals surface area contributed by atoms with Gasteiger partial charge in [0.1, 0.15) is 18.3 Å². The normalized spacial score (nSPS) is 33.8. The molecular formula is C20H25F3N2O5S. The molecule has 0 aliphatic carbocycles. The first-order chi connectivity index (χ1) is 14.3. The standard InChI is InChI=1S/C20H25F3N2O5S/c1-18(2)26-9-12(28-18)14-13(15-16(27-14)30-19(3,4)29-15)25-17(31)24-11-8-6-5-7-10(11)20(21,22)23/h5-8,12-16H,9H2,1-4H3,(H2,24,25,31)/t12?,13-,14-,15-,16-/m1/s1. The minimum atomic E-state index is -4.52. The second kappa shape index (κ2) is 7.82. The van der Waals surface area contributed by atoms with Crippen LogP contribution in [0.25, 0.3) is 0 Å². The van der Waals surface area contributed by atoms with Crippen molar-refractivity contribution in [3.8, 4) is 0 Å². The number of ether oxygens (including phenoxy) is 5. The van der Waals surface area contributed by atoms with E-state index in [0.717, 1.165) is 6.07 Å². The number of anilines is 1. The van der Waals surface area contributed by atoms with Crippen LogP contribution in [0.15, 0.2) is 24.3 Å². The highest BCUT2D eigenvalue weighted by molar-refractivity contribution is 7.80. The quantitative estimate of drug-likeness (QED) is 0.663. The number of para-hydroxylation sites is 1. The Labute approximate surface area is 183 Å². The van der Waals surface area contributed by atoms with E-state index in [9.17, 15) is 13.2 Å². The highest BCUT2D eigenvalue weighted by atomic mass is 32.1. The van der Waals surface area contributed by atoms with Gasteiger partial charge in [-0.3, -0.25) is 0 Å². The average Bonchev–Trinajstić information content (AvgIpc) is 3.24. The molecule has 5 atom stereocenters. The van der Waals surface area contributed by atoms with Crippen LogP contribution in [-0.2, 0) is 29.9 Å². The maximum Gasteiger partial charge on any atom is 0.418 e. The first-order valence-electron chi connectivity index (χ1n) is 9.91. The predicted molar refractivity (Wildman–Crippen MR) is 108 cm³/mol. The fourth-order valence-electron chi connectivity index (χ4n) is 4.04. The molecule has 0 saturated carbocycles. The summed E-state index contributed by atoms with van der Waals surface area (Å²) in [5.41, 5.74) is -0.961. The molecule has 3 heterocycles. The van der Waals surface area contributed by atoms with Crippen molar-refractivity contribution in [1.29, 1.82) is 0 Å². The van der Waals surface area contributed by atoms with Crippen molar-refractivity contribution in [1.82, 2.24) is 5.32 Å². The number of fused-ring (bicyclic) bond motifs is 1. The van der Waals surface area contributed by atoms with Crippen LogP contribution < -0.4 is 10.6 Å². The second-order valence-corrected chi connectivity index (χ2v) is 9.01. The molecule has 172 valence electrons. The van der Waals surface area contributed by atoms with Gasteiger partial charge in [0.15, 0.2) is 23.0 Å². The maximum atomic E-state index is 13.3. The molecule has 7 nitrogen and oxygen atoms in total.